The molecule has 1 saturated carbocycles. The van der Waals surface area contributed by atoms with E-state index in [1.165, 1.54) is 43.5 Å². The minimum Gasteiger partial charge on any atom is -0.496 e. The Morgan fingerprint density at radius 1 is 0.852 bits per heavy atom. The maximum Gasteiger partial charge on any atom is 0.415 e. The van der Waals surface area contributed by atoms with Gasteiger partial charge in [0.2, 0.25) is 0 Å². The molecule has 0 radical (unpaired) electrons. The van der Waals surface area contributed by atoms with Crippen LogP contribution in [-0.2, 0) is 49.7 Å². The fourth-order valence-corrected chi connectivity index (χ4v) is 15.1. The zero-order chi connectivity index (χ0) is 55.8. The van der Waals surface area contributed by atoms with Crippen LogP contribution in [-0.4, -0.2) is 111 Å². The standard InChI is InChI=1S/C33H38N4O6.C32H31NO4.ClH/c1-3-22-23-16-21(43-32(40)36-14-10-20(11-15-36)35-12-6-5-7-13-35)8-9-27(23)34-29-24(22)18-37-28(29)17-26-25(30(37)38)19-42-31(39)33(26,41)4-2;1-20-12-14-22(15-13-20)31-17-16-26(24-9-4-6-10-25(24)31)32(30(35)36)19-33(18-28(31)32)29(34)21(2)23-8-5-7-11-27(23)37-3;/h8-9,16-17,20,41H,3-7,10-15,18-19H2,1-2H3;4-15,26,28H,2,16-19H2,1,3H3,(H,35,36);1H/t33-;26-,28-,31-,32-;/m00./s1. The largest absolute Gasteiger partial charge is 0.496 e. The average molecular weight is 1120 g/mol. The SMILES string of the molecule is C=C(C(=O)N1C[C@H]2[C@]3(c4ccc(C)cc4)CC[C@@H](c4ccccc43)[C@@]2(C(=O)O)C1)c1ccccc1OC.CCc1c2c(nc3ccc(OC(=O)N4CCC(N5CCCCC5)CC4)cc13)-c1cc3c(c(=O)n1C2)COC(=O)[C@]3(O)CC.Cl. The van der Waals surface area contributed by atoms with Gasteiger partial charge in [0.1, 0.15) is 18.1 Å². The summed E-state index contributed by atoms with van der Waals surface area (Å²) >= 11 is 0. The van der Waals surface area contributed by atoms with Crippen molar-refractivity contribution in [2.24, 2.45) is 11.3 Å². The number of pyridine rings is 2. The molecule has 5 atom stereocenters. The Balaban J connectivity index is 0.000000170. The third-order valence-electron chi connectivity index (χ3n) is 19.2. The summed E-state index contributed by atoms with van der Waals surface area (Å²) < 4.78 is 18.2. The number of cyclic esters (lactones) is 1. The minimum absolute atomic E-state index is 0. The highest BCUT2D eigenvalue weighted by Crippen LogP contribution is 2.69. The van der Waals surface area contributed by atoms with Gasteiger partial charge in [-0.3, -0.25) is 14.4 Å². The monoisotopic (exact) mass is 1120 g/mol. The highest BCUT2D eigenvalue weighted by atomic mass is 35.5. The van der Waals surface area contributed by atoms with Crippen LogP contribution in [0.25, 0.3) is 27.9 Å². The van der Waals surface area contributed by atoms with E-state index in [1.54, 1.807) is 41.7 Å². The number of halogens is 1. The number of fused-ring (bicyclic) bond motifs is 6. The summed E-state index contributed by atoms with van der Waals surface area (Å²) in [7, 11) is 1.57. The van der Waals surface area contributed by atoms with E-state index < -0.39 is 28.4 Å². The van der Waals surface area contributed by atoms with Gasteiger partial charge in [0.05, 0.1) is 41.5 Å². The van der Waals surface area contributed by atoms with Crippen molar-refractivity contribution in [3.05, 3.63) is 164 Å². The topological polar surface area (TPSA) is 181 Å². The van der Waals surface area contributed by atoms with Gasteiger partial charge in [0.15, 0.2) is 5.60 Å². The molecule has 14 rings (SSSR count). The van der Waals surface area contributed by atoms with Crippen LogP contribution < -0.4 is 15.0 Å². The first-order valence-corrected chi connectivity index (χ1v) is 28.5. The van der Waals surface area contributed by atoms with E-state index in [9.17, 15) is 34.2 Å². The normalized spacial score (nSPS) is 24.3. The molecule has 2 bridgehead atoms. The van der Waals surface area contributed by atoms with Crippen molar-refractivity contribution in [3.8, 4) is 22.9 Å². The molecule has 4 aromatic carbocycles. The molecule has 3 aliphatic carbocycles. The molecule has 5 aliphatic heterocycles. The number of amides is 2. The lowest BCUT2D eigenvalue weighted by Crippen LogP contribution is -2.60. The summed E-state index contributed by atoms with van der Waals surface area (Å²) in [6.45, 7) is 14.4. The van der Waals surface area contributed by atoms with Gasteiger partial charge in [-0.1, -0.05) is 99.1 Å². The predicted octanol–water partition coefficient (Wildman–Crippen LogP) is 9.94. The number of aliphatic hydroxyl groups is 1. The van der Waals surface area contributed by atoms with Gasteiger partial charge in [-0.25, -0.2) is 14.6 Å². The number of piperidine rings is 2. The Kier molecular flexibility index (Phi) is 14.8. The Morgan fingerprint density at radius 2 is 1.58 bits per heavy atom. The molecule has 2 aromatic heterocycles. The second-order valence-corrected chi connectivity index (χ2v) is 23.0. The number of carboxylic acids is 1. The number of nitrogens with zero attached hydrogens (tertiary/aromatic N) is 5. The molecule has 4 fully saturated rings. The Labute approximate surface area is 477 Å². The van der Waals surface area contributed by atoms with Crippen molar-refractivity contribution in [1.29, 1.82) is 0 Å². The highest BCUT2D eigenvalue weighted by Gasteiger charge is 2.71. The predicted molar refractivity (Wildman–Crippen MR) is 310 cm³/mol. The molecular weight excluding hydrogens is 1050 g/mol. The van der Waals surface area contributed by atoms with Crippen molar-refractivity contribution in [2.45, 2.75) is 115 Å². The molecule has 0 spiro atoms. The van der Waals surface area contributed by atoms with E-state index in [2.05, 4.69) is 67.8 Å². The smallest absolute Gasteiger partial charge is 0.415 e. The summed E-state index contributed by atoms with van der Waals surface area (Å²) in [5.41, 5.74) is 6.44. The van der Waals surface area contributed by atoms with Crippen LogP contribution in [0, 0.1) is 18.3 Å². The number of carboxylic acid groups (broad SMARTS) is 1. The number of aryl methyl sites for hydroxylation is 2. The van der Waals surface area contributed by atoms with Gasteiger partial charge >= 0.3 is 18.0 Å². The van der Waals surface area contributed by atoms with Crippen LogP contribution in [0.15, 0.2) is 108 Å². The molecule has 2 N–H and O–H groups in total. The van der Waals surface area contributed by atoms with E-state index in [0.717, 1.165) is 58.8 Å². The lowest BCUT2D eigenvalue weighted by molar-refractivity contribution is -0.172. The molecule has 15 nitrogen and oxygen atoms in total. The molecule has 81 heavy (non-hydrogen) atoms. The highest BCUT2D eigenvalue weighted by molar-refractivity contribution is 6.19. The number of aromatic nitrogens is 2. The number of likely N-dealkylation sites (tertiary alicyclic amines) is 3. The van der Waals surface area contributed by atoms with Crippen LogP contribution in [0.4, 0.5) is 4.79 Å². The lowest BCUT2D eigenvalue weighted by Gasteiger charge is -2.59. The Morgan fingerprint density at radius 3 is 2.30 bits per heavy atom. The Hall–Kier alpha value is -7.33. The van der Waals surface area contributed by atoms with Crippen molar-refractivity contribution >= 4 is 52.8 Å². The quantitative estimate of drug-likeness (QED) is 0.103. The van der Waals surface area contributed by atoms with E-state index in [4.69, 9.17) is 19.2 Å². The molecular formula is C65H70ClN5O10. The number of carbonyl (C=O) groups excluding carboxylic acids is 3. The van der Waals surface area contributed by atoms with Crippen LogP contribution in [0.1, 0.15) is 121 Å². The second kappa shape index (κ2) is 21.5. The first kappa shape index (κ1) is 55.6. The molecule has 3 saturated heterocycles. The summed E-state index contributed by atoms with van der Waals surface area (Å²) in [5, 5.41) is 22.9. The fourth-order valence-electron chi connectivity index (χ4n) is 15.1. The van der Waals surface area contributed by atoms with Gasteiger partial charge in [-0.05, 0) is 124 Å². The molecule has 16 heteroatoms. The summed E-state index contributed by atoms with van der Waals surface area (Å²) in [6, 6.07) is 32.0. The number of para-hydroxylation sites is 1. The minimum atomic E-state index is -1.86. The number of ether oxygens (including phenoxy) is 3. The number of rotatable bonds is 9. The molecule has 2 amide bonds. The summed E-state index contributed by atoms with van der Waals surface area (Å²) in [6.07, 6.45) is 7.91. The van der Waals surface area contributed by atoms with Gasteiger partial charge in [-0.2, -0.15) is 0 Å². The molecule has 6 aromatic rings. The third kappa shape index (κ3) is 8.84. The van der Waals surface area contributed by atoms with E-state index in [1.807, 2.05) is 41.3 Å². The van der Waals surface area contributed by atoms with E-state index in [0.29, 0.717) is 83.8 Å². The summed E-state index contributed by atoms with van der Waals surface area (Å²) in [4.78, 5) is 77.5. The molecule has 7 heterocycles. The molecule has 422 valence electrons. The number of benzene rings is 4. The Bertz CT molecular complexity index is 3590. The van der Waals surface area contributed by atoms with Crippen LogP contribution in [0.2, 0.25) is 0 Å². The molecule has 8 aliphatic rings. The average Bonchev–Trinajstić information content (AvgIpc) is 2.03. The number of hydrogen-bond acceptors (Lipinski definition) is 11. The lowest BCUT2D eigenvalue weighted by atomic mass is 9.42. The van der Waals surface area contributed by atoms with Crippen LogP contribution in [0.3, 0.4) is 0 Å². The van der Waals surface area contributed by atoms with E-state index >= 15 is 0 Å². The zero-order valence-corrected chi connectivity index (χ0v) is 47.3. The number of aliphatic carboxylic acids is 1. The number of hydrogen-bond donors (Lipinski definition) is 2. The number of methoxy groups -OCH3 is 1. The fraction of sp³-hybridized carbons (Fsp3) is 0.415. The maximum atomic E-state index is 13.9. The van der Waals surface area contributed by atoms with Gasteiger partial charge < -0.3 is 43.7 Å². The number of carbonyl (C=O) groups is 4. The maximum absolute atomic E-state index is 13.9. The second-order valence-electron chi connectivity index (χ2n) is 23.0. The first-order chi connectivity index (χ1) is 38.7. The van der Waals surface area contributed by atoms with Gasteiger partial charge in [-0.15, -0.1) is 12.4 Å². The van der Waals surface area contributed by atoms with Crippen molar-refractivity contribution in [2.75, 3.05) is 46.4 Å². The summed E-state index contributed by atoms with van der Waals surface area (Å²) in [5.74, 6) is -1.13. The van der Waals surface area contributed by atoms with Crippen LogP contribution >= 0.6 is 12.4 Å². The van der Waals surface area contributed by atoms with Crippen molar-refractivity contribution in [3.63, 3.8) is 0 Å². The van der Waals surface area contributed by atoms with Crippen molar-refractivity contribution < 1.29 is 43.6 Å². The molecule has 0 unspecified atom stereocenters. The first-order valence-electron chi connectivity index (χ1n) is 28.5. The van der Waals surface area contributed by atoms with Gasteiger partial charge in [0.25, 0.3) is 11.5 Å². The number of esters is 1. The van der Waals surface area contributed by atoms with Gasteiger partial charge in [0, 0.05) is 77.1 Å². The van der Waals surface area contributed by atoms with E-state index in [-0.39, 0.29) is 61.4 Å². The zero-order valence-electron chi connectivity index (χ0n) is 46.5. The third-order valence-corrected chi connectivity index (χ3v) is 19.2. The van der Waals surface area contributed by atoms with Crippen LogP contribution in [0.5, 0.6) is 11.5 Å². The van der Waals surface area contributed by atoms with Crippen molar-refractivity contribution in [1.82, 2.24) is 24.3 Å².